The molecule has 0 aliphatic rings. The minimum Gasteiger partial charge on any atom is -0.452 e. The monoisotopic (exact) mass is 452 g/mol. The fraction of sp³-hybridized carbons (Fsp3) is 0.136. The molecule has 0 aliphatic heterocycles. The van der Waals surface area contributed by atoms with Crippen LogP contribution >= 0.6 is 22.9 Å². The first kappa shape index (κ1) is 16.9. The Morgan fingerprint density at radius 2 is 1.54 bits per heavy atom. The van der Waals surface area contributed by atoms with Gasteiger partial charge in [0.25, 0.3) is 0 Å². The first-order valence-corrected chi connectivity index (χ1v) is 9.47. The van der Waals surface area contributed by atoms with Gasteiger partial charge in [0, 0.05) is 10.8 Å². The van der Waals surface area contributed by atoms with Gasteiger partial charge in [0.2, 0.25) is 0 Å². The van der Waals surface area contributed by atoms with Crippen LogP contribution in [0, 0.1) is 11.3 Å². The largest absolute Gasteiger partial charge is 0.452 e. The molecule has 26 heavy (non-hydrogen) atoms. The van der Waals surface area contributed by atoms with Crippen LogP contribution in [0.15, 0.2) is 65.1 Å². The molecule has 4 aromatic rings. The van der Waals surface area contributed by atoms with Gasteiger partial charge in [-0.05, 0) is 29.7 Å². The maximum absolute atomic E-state index is 9.39. The molecule has 0 bridgehead atoms. The van der Waals surface area contributed by atoms with Crippen molar-refractivity contribution < 1.29 is 4.42 Å². The van der Waals surface area contributed by atoms with Gasteiger partial charge in [-0.15, -0.1) is 0 Å². The van der Waals surface area contributed by atoms with E-state index in [2.05, 4.69) is 76.2 Å². The minimum atomic E-state index is 0.420. The van der Waals surface area contributed by atoms with E-state index in [9.17, 15) is 5.26 Å². The summed E-state index contributed by atoms with van der Waals surface area (Å²) < 4.78 is 8.32. The molecule has 0 atom stereocenters. The lowest BCUT2D eigenvalue weighted by atomic mass is 10.0. The molecule has 4 rings (SSSR count). The lowest BCUT2D eigenvalue weighted by molar-refractivity contribution is 0.668. The van der Waals surface area contributed by atoms with E-state index < -0.39 is 0 Å². The van der Waals surface area contributed by atoms with Crippen molar-refractivity contribution in [3.63, 3.8) is 0 Å². The molecule has 0 fully saturated rings. The van der Waals surface area contributed by atoms with Crippen molar-refractivity contribution in [2.75, 3.05) is 3.11 Å². The van der Waals surface area contributed by atoms with Gasteiger partial charge in [0.05, 0.1) is 39.8 Å². The minimum absolute atomic E-state index is 0.420. The molecule has 0 radical (unpaired) electrons. The third-order valence-corrected chi connectivity index (χ3v) is 5.65. The number of hydrogen-bond donors (Lipinski definition) is 0. The van der Waals surface area contributed by atoms with Crippen molar-refractivity contribution in [1.82, 2.24) is 0 Å². The first-order chi connectivity index (χ1) is 12.6. The third kappa shape index (κ3) is 2.63. The van der Waals surface area contributed by atoms with Gasteiger partial charge in [0.15, 0.2) is 11.2 Å². The van der Waals surface area contributed by atoms with Crippen LogP contribution in [0.2, 0.25) is 0 Å². The molecular weight excluding hydrogens is 435 g/mol. The second-order valence-electron chi connectivity index (χ2n) is 6.54. The number of hydrogen-bond acceptors (Lipinski definition) is 3. The number of anilines is 2. The highest BCUT2D eigenvalue weighted by atomic mass is 127. The summed E-state index contributed by atoms with van der Waals surface area (Å²) in [5.74, 6) is 0.420. The van der Waals surface area contributed by atoms with Crippen LogP contribution in [-0.2, 0) is 0 Å². The van der Waals surface area contributed by atoms with Crippen molar-refractivity contribution in [2.45, 2.75) is 19.8 Å². The van der Waals surface area contributed by atoms with Gasteiger partial charge in [-0.1, -0.05) is 56.3 Å². The molecule has 1 heterocycles. The summed E-state index contributed by atoms with van der Waals surface area (Å²) in [6.45, 7) is 4.40. The fourth-order valence-electron chi connectivity index (χ4n) is 3.33. The summed E-state index contributed by atoms with van der Waals surface area (Å²) >= 11 is 2.33. The van der Waals surface area contributed by atoms with Crippen molar-refractivity contribution in [3.05, 3.63) is 71.8 Å². The summed E-state index contributed by atoms with van der Waals surface area (Å²) in [7, 11) is 0. The Labute approximate surface area is 166 Å². The van der Waals surface area contributed by atoms with Gasteiger partial charge in [-0.2, -0.15) is 5.26 Å². The number of fused-ring (bicyclic) bond motifs is 3. The lowest BCUT2D eigenvalue weighted by Gasteiger charge is -2.22. The summed E-state index contributed by atoms with van der Waals surface area (Å²) in [5, 5.41) is 11.4. The van der Waals surface area contributed by atoms with Gasteiger partial charge in [-0.3, -0.25) is 3.11 Å². The number of nitrogens with zero attached hydrogens (tertiary/aromatic N) is 2. The number of rotatable bonds is 3. The van der Waals surface area contributed by atoms with E-state index in [1.807, 2.05) is 24.3 Å². The second-order valence-corrected chi connectivity index (χ2v) is 7.51. The van der Waals surface area contributed by atoms with E-state index in [-0.39, 0.29) is 0 Å². The number of furan rings is 1. The Morgan fingerprint density at radius 1 is 0.885 bits per heavy atom. The van der Waals surface area contributed by atoms with E-state index in [0.717, 1.165) is 27.7 Å². The fourth-order valence-corrected chi connectivity index (χ4v) is 4.15. The number of halogens is 1. The number of benzene rings is 3. The van der Waals surface area contributed by atoms with Crippen LogP contribution in [0.25, 0.3) is 21.9 Å². The van der Waals surface area contributed by atoms with Crippen molar-refractivity contribution in [2.24, 2.45) is 0 Å². The Hall–Kier alpha value is -2.52. The first-order valence-electron chi connectivity index (χ1n) is 8.51. The Morgan fingerprint density at radius 3 is 2.27 bits per heavy atom. The summed E-state index contributed by atoms with van der Waals surface area (Å²) in [4.78, 5) is 0. The van der Waals surface area contributed by atoms with E-state index in [0.29, 0.717) is 17.1 Å². The van der Waals surface area contributed by atoms with Crippen LogP contribution in [0.4, 0.5) is 11.4 Å². The maximum Gasteiger partial charge on any atom is 0.159 e. The standard InChI is InChI=1S/C22H17IN2O/c1-14(2)16-8-3-4-11-19(16)25(23)20-12-6-10-18-17-9-5-7-15(13-24)21(17)26-22(18)20/h3-12,14H,1-2H3. The number of para-hydroxylation sites is 3. The Kier molecular flexibility index (Phi) is 4.33. The molecule has 0 aliphatic carbocycles. The van der Waals surface area contributed by atoms with E-state index in [1.54, 1.807) is 6.07 Å². The molecule has 0 amide bonds. The van der Waals surface area contributed by atoms with Crippen LogP contribution in [0.3, 0.4) is 0 Å². The van der Waals surface area contributed by atoms with E-state index in [1.165, 1.54) is 5.56 Å². The quantitative estimate of drug-likeness (QED) is 0.247. The van der Waals surface area contributed by atoms with Gasteiger partial charge < -0.3 is 4.42 Å². The molecule has 128 valence electrons. The molecule has 3 nitrogen and oxygen atoms in total. The van der Waals surface area contributed by atoms with Crippen molar-refractivity contribution in [1.29, 1.82) is 5.26 Å². The van der Waals surface area contributed by atoms with E-state index >= 15 is 0 Å². The predicted molar refractivity (Wildman–Crippen MR) is 115 cm³/mol. The average molecular weight is 452 g/mol. The molecule has 0 N–H and O–H groups in total. The van der Waals surface area contributed by atoms with Gasteiger partial charge in [-0.25, -0.2) is 0 Å². The molecular formula is C22H17IN2O. The topological polar surface area (TPSA) is 40.2 Å². The normalized spacial score (nSPS) is 11.2. The molecule has 0 saturated carbocycles. The average Bonchev–Trinajstić information content (AvgIpc) is 3.06. The van der Waals surface area contributed by atoms with Crippen molar-refractivity contribution >= 4 is 56.2 Å². The van der Waals surface area contributed by atoms with Gasteiger partial charge >= 0.3 is 0 Å². The summed E-state index contributed by atoms with van der Waals surface area (Å²) in [6.07, 6.45) is 0. The molecule has 1 aromatic heterocycles. The Bertz CT molecular complexity index is 1150. The highest BCUT2D eigenvalue weighted by Gasteiger charge is 2.19. The SMILES string of the molecule is CC(C)c1ccccc1N(I)c1cccc2c1oc1c(C#N)cccc12. The van der Waals surface area contributed by atoms with Crippen molar-refractivity contribution in [3.8, 4) is 6.07 Å². The molecule has 0 unspecified atom stereocenters. The molecule has 0 saturated heterocycles. The second kappa shape index (κ2) is 6.65. The molecule has 0 spiro atoms. The van der Waals surface area contributed by atoms with Gasteiger partial charge in [0.1, 0.15) is 6.07 Å². The van der Waals surface area contributed by atoms with Crippen LogP contribution in [0.1, 0.15) is 30.9 Å². The van der Waals surface area contributed by atoms with Crippen LogP contribution in [-0.4, -0.2) is 0 Å². The maximum atomic E-state index is 9.39. The predicted octanol–water partition coefficient (Wildman–Crippen LogP) is 7.07. The highest BCUT2D eigenvalue weighted by molar-refractivity contribution is 14.1. The van der Waals surface area contributed by atoms with E-state index in [4.69, 9.17) is 4.42 Å². The smallest absolute Gasteiger partial charge is 0.159 e. The summed E-state index contributed by atoms with van der Waals surface area (Å²) in [5.41, 5.74) is 5.44. The highest BCUT2D eigenvalue weighted by Crippen LogP contribution is 2.42. The number of nitriles is 1. The lowest BCUT2D eigenvalue weighted by Crippen LogP contribution is -2.05. The van der Waals surface area contributed by atoms with Crippen LogP contribution < -0.4 is 3.11 Å². The zero-order valence-corrected chi connectivity index (χ0v) is 16.7. The molecule has 3 aromatic carbocycles. The Balaban J connectivity index is 1.97. The zero-order valence-electron chi connectivity index (χ0n) is 14.5. The molecule has 4 heteroatoms. The zero-order chi connectivity index (χ0) is 18.3. The third-order valence-electron chi connectivity index (χ3n) is 4.61. The van der Waals surface area contributed by atoms with Crippen LogP contribution in [0.5, 0.6) is 0 Å². The summed E-state index contributed by atoms with van der Waals surface area (Å²) in [6, 6.07) is 22.5.